The van der Waals surface area contributed by atoms with Crippen LogP contribution in [0.5, 0.6) is 0 Å². The summed E-state index contributed by atoms with van der Waals surface area (Å²) in [6.45, 7) is 0. The average molecular weight is 722 g/mol. The van der Waals surface area contributed by atoms with Gasteiger partial charge in [0.15, 0.2) is 0 Å². The first-order valence-electron chi connectivity index (χ1n) is 19.4. The first kappa shape index (κ1) is 31.5. The normalized spacial score (nSPS) is 11.8. The van der Waals surface area contributed by atoms with Crippen LogP contribution in [0.25, 0.3) is 115 Å². The molecule has 0 aliphatic rings. The molecular formula is C54H31N3. The molecule has 0 spiro atoms. The van der Waals surface area contributed by atoms with Gasteiger partial charge in [0, 0.05) is 27.7 Å². The molecule has 0 amide bonds. The molecule has 0 radical (unpaired) electrons. The summed E-state index contributed by atoms with van der Waals surface area (Å²) in [5, 5.41) is 23.1. The van der Waals surface area contributed by atoms with Crippen LogP contribution in [0.4, 0.5) is 0 Å². The third-order valence-electron chi connectivity index (χ3n) is 12.0. The Kier molecular flexibility index (Phi) is 6.70. The quantitative estimate of drug-likeness (QED) is 0.134. The Morgan fingerprint density at radius 1 is 0.404 bits per heavy atom. The van der Waals surface area contributed by atoms with E-state index in [1.807, 2.05) is 18.3 Å². The SMILES string of the molecule is N#Cc1ccc2c3c1ccc1c(-c4c5ccccc5c(-c5ccc(-c6ccccc6)c6ccccc56)c5ccccc45)ccc(c13)n2-c1cccc2cccnc12. The molecule has 57 heavy (non-hydrogen) atoms. The van der Waals surface area contributed by atoms with Crippen LogP contribution >= 0.6 is 0 Å². The fourth-order valence-electron chi connectivity index (χ4n) is 9.70. The second kappa shape index (κ2) is 12.1. The summed E-state index contributed by atoms with van der Waals surface area (Å²) in [5.74, 6) is 0. The van der Waals surface area contributed by atoms with Gasteiger partial charge in [0.05, 0.1) is 33.9 Å². The molecule has 0 fully saturated rings. The zero-order valence-corrected chi connectivity index (χ0v) is 30.7. The highest BCUT2D eigenvalue weighted by Gasteiger charge is 2.24. The smallest absolute Gasteiger partial charge is 0.0998 e. The van der Waals surface area contributed by atoms with Crippen molar-refractivity contribution in [3.05, 3.63) is 194 Å². The Labute approximate surface area is 328 Å². The topological polar surface area (TPSA) is 41.6 Å². The molecular weight excluding hydrogens is 691 g/mol. The lowest BCUT2D eigenvalue weighted by molar-refractivity contribution is 1.18. The van der Waals surface area contributed by atoms with E-state index < -0.39 is 0 Å². The Bertz CT molecular complexity index is 3580. The number of hydrogen-bond donors (Lipinski definition) is 0. The van der Waals surface area contributed by atoms with Gasteiger partial charge in [-0.25, -0.2) is 0 Å². The number of fused-ring (bicyclic) bond motifs is 4. The molecule has 0 saturated carbocycles. The summed E-state index contributed by atoms with van der Waals surface area (Å²) >= 11 is 0. The van der Waals surface area contributed by atoms with Crippen molar-refractivity contribution >= 4 is 75.8 Å². The highest BCUT2D eigenvalue weighted by atomic mass is 15.0. The van der Waals surface area contributed by atoms with Crippen molar-refractivity contribution < 1.29 is 0 Å². The highest BCUT2D eigenvalue weighted by molar-refractivity contribution is 6.31. The highest BCUT2D eigenvalue weighted by Crippen LogP contribution is 2.50. The second-order valence-corrected chi connectivity index (χ2v) is 14.9. The maximum atomic E-state index is 10.3. The zero-order chi connectivity index (χ0) is 37.6. The number of benzene rings is 10. The molecule has 262 valence electrons. The van der Waals surface area contributed by atoms with Gasteiger partial charge in [-0.3, -0.25) is 4.98 Å². The number of hydrogen-bond acceptors (Lipinski definition) is 2. The van der Waals surface area contributed by atoms with Crippen LogP contribution in [0, 0.1) is 11.3 Å². The molecule has 3 heteroatoms. The fourth-order valence-corrected chi connectivity index (χ4v) is 9.70. The second-order valence-electron chi connectivity index (χ2n) is 14.9. The summed E-state index contributed by atoms with van der Waals surface area (Å²) in [4.78, 5) is 4.86. The van der Waals surface area contributed by atoms with Gasteiger partial charge in [-0.05, 0) is 101 Å². The van der Waals surface area contributed by atoms with E-state index >= 15 is 0 Å². The van der Waals surface area contributed by atoms with Crippen LogP contribution in [0.15, 0.2) is 188 Å². The van der Waals surface area contributed by atoms with E-state index in [1.165, 1.54) is 65.7 Å². The first-order chi connectivity index (χ1) is 28.3. The van der Waals surface area contributed by atoms with E-state index in [9.17, 15) is 5.26 Å². The standard InChI is InChI=1S/C54H31N3/c55-32-35-23-29-47-52-37(35)25-27-46-45(28-30-48(53(46)52)57(47)49-22-10-14-34-15-11-31-56-54(34)49)51-42-20-8-6-18-40(42)50(41-19-7-9-21-43(41)51)44-26-24-36(33-12-2-1-3-13-33)38-16-4-5-17-39(38)44/h1-31H. The van der Waals surface area contributed by atoms with Gasteiger partial charge in [0.1, 0.15) is 0 Å². The molecule has 0 saturated heterocycles. The number of nitrogens with zero attached hydrogens (tertiary/aromatic N) is 3. The van der Waals surface area contributed by atoms with Crippen molar-refractivity contribution in [1.29, 1.82) is 5.26 Å². The zero-order valence-electron chi connectivity index (χ0n) is 30.7. The van der Waals surface area contributed by atoms with Crippen LogP contribution in [0.3, 0.4) is 0 Å². The molecule has 0 bridgehead atoms. The monoisotopic (exact) mass is 721 g/mol. The van der Waals surface area contributed by atoms with E-state index in [2.05, 4.69) is 180 Å². The van der Waals surface area contributed by atoms with E-state index in [-0.39, 0.29) is 0 Å². The minimum absolute atomic E-state index is 0.677. The predicted octanol–water partition coefficient (Wildman–Crippen LogP) is 14.3. The van der Waals surface area contributed by atoms with Gasteiger partial charge >= 0.3 is 0 Å². The van der Waals surface area contributed by atoms with Crippen molar-refractivity contribution in [1.82, 2.24) is 9.55 Å². The Balaban J connectivity index is 1.19. The number of pyridine rings is 1. The lowest BCUT2D eigenvalue weighted by atomic mass is 9.82. The van der Waals surface area contributed by atoms with Crippen LogP contribution in [-0.2, 0) is 0 Å². The Morgan fingerprint density at radius 2 is 0.930 bits per heavy atom. The van der Waals surface area contributed by atoms with Crippen LogP contribution < -0.4 is 0 Å². The van der Waals surface area contributed by atoms with Crippen molar-refractivity contribution in [2.24, 2.45) is 0 Å². The predicted molar refractivity (Wildman–Crippen MR) is 238 cm³/mol. The first-order valence-corrected chi connectivity index (χ1v) is 19.4. The Morgan fingerprint density at radius 3 is 1.61 bits per heavy atom. The van der Waals surface area contributed by atoms with E-state index in [4.69, 9.17) is 4.98 Å². The van der Waals surface area contributed by atoms with Gasteiger partial charge < -0.3 is 4.57 Å². The summed E-state index contributed by atoms with van der Waals surface area (Å²) < 4.78 is 2.34. The van der Waals surface area contributed by atoms with Gasteiger partial charge in [0.2, 0.25) is 0 Å². The molecule has 12 aromatic rings. The fraction of sp³-hybridized carbons (Fsp3) is 0. The molecule has 12 rings (SSSR count). The third-order valence-corrected chi connectivity index (χ3v) is 12.0. The summed E-state index contributed by atoms with van der Waals surface area (Å²) in [6.07, 6.45) is 1.86. The molecule has 3 nitrogen and oxygen atoms in total. The maximum absolute atomic E-state index is 10.3. The van der Waals surface area contributed by atoms with Crippen LogP contribution in [0.2, 0.25) is 0 Å². The van der Waals surface area contributed by atoms with Gasteiger partial charge in [-0.1, -0.05) is 152 Å². The average Bonchev–Trinajstić information content (AvgIpc) is 3.62. The summed E-state index contributed by atoms with van der Waals surface area (Å²) in [6, 6.07) is 67.9. The molecule has 0 N–H and O–H groups in total. The van der Waals surface area contributed by atoms with Gasteiger partial charge in [-0.15, -0.1) is 0 Å². The lowest BCUT2D eigenvalue weighted by Crippen LogP contribution is -1.96. The van der Waals surface area contributed by atoms with E-state index in [1.54, 1.807) is 0 Å². The van der Waals surface area contributed by atoms with Gasteiger partial charge in [-0.2, -0.15) is 5.26 Å². The van der Waals surface area contributed by atoms with Crippen molar-refractivity contribution in [3.63, 3.8) is 0 Å². The maximum Gasteiger partial charge on any atom is 0.0998 e. The molecule has 0 atom stereocenters. The Hall–Kier alpha value is -7.80. The van der Waals surface area contributed by atoms with Crippen LogP contribution in [0.1, 0.15) is 5.56 Å². The lowest BCUT2D eigenvalue weighted by Gasteiger charge is -2.20. The molecule has 0 aliphatic carbocycles. The number of nitriles is 1. The molecule has 2 aromatic heterocycles. The minimum atomic E-state index is 0.677. The molecule has 0 aliphatic heterocycles. The molecule has 2 heterocycles. The van der Waals surface area contributed by atoms with Crippen LogP contribution in [-0.4, -0.2) is 9.55 Å². The number of aromatic nitrogens is 2. The molecule has 10 aromatic carbocycles. The van der Waals surface area contributed by atoms with Crippen molar-refractivity contribution in [2.75, 3.05) is 0 Å². The largest absolute Gasteiger partial charge is 0.307 e. The minimum Gasteiger partial charge on any atom is -0.307 e. The number of para-hydroxylation sites is 1. The van der Waals surface area contributed by atoms with Crippen molar-refractivity contribution in [3.8, 4) is 45.1 Å². The van der Waals surface area contributed by atoms with Gasteiger partial charge in [0.25, 0.3) is 0 Å². The molecule has 0 unspecified atom stereocenters. The summed E-state index contributed by atoms with van der Waals surface area (Å²) in [7, 11) is 0. The van der Waals surface area contributed by atoms with Crippen molar-refractivity contribution in [2.45, 2.75) is 0 Å². The van der Waals surface area contributed by atoms with E-state index in [0.717, 1.165) is 49.2 Å². The summed E-state index contributed by atoms with van der Waals surface area (Å²) in [5.41, 5.74) is 12.1. The number of rotatable bonds is 4. The van der Waals surface area contributed by atoms with E-state index in [0.29, 0.717) is 5.56 Å². The third kappa shape index (κ3) is 4.44.